The second-order valence-electron chi connectivity index (χ2n) is 5.92. The van der Waals surface area contributed by atoms with Gasteiger partial charge in [-0.25, -0.2) is 0 Å². The molecule has 0 amide bonds. The summed E-state index contributed by atoms with van der Waals surface area (Å²) in [5.74, 6) is 0. The normalized spacial score (nSPS) is 22.3. The van der Waals surface area contributed by atoms with E-state index in [0.717, 1.165) is 31.0 Å². The van der Waals surface area contributed by atoms with Gasteiger partial charge in [-0.2, -0.15) is 5.10 Å². The first kappa shape index (κ1) is 17.8. The number of hydrazone groups is 1. The molecule has 1 N–H and O–H groups in total. The highest BCUT2D eigenvalue weighted by molar-refractivity contribution is 5.87. The molecular weight excluding hydrogens is 316 g/mol. The lowest BCUT2D eigenvalue weighted by molar-refractivity contribution is -0.393. The third-order valence-electron chi connectivity index (χ3n) is 3.97. The molecule has 0 heterocycles. The Labute approximate surface area is 139 Å². The molecule has 9 heteroatoms. The summed E-state index contributed by atoms with van der Waals surface area (Å²) < 4.78 is 5.76. The van der Waals surface area contributed by atoms with Gasteiger partial charge in [0.1, 0.15) is 5.69 Å². The summed E-state index contributed by atoms with van der Waals surface area (Å²) in [6, 6.07) is 3.43. The summed E-state index contributed by atoms with van der Waals surface area (Å²) in [5, 5.41) is 26.1. The molecule has 1 aromatic carbocycles. The van der Waals surface area contributed by atoms with Crippen LogP contribution in [0, 0.1) is 20.2 Å². The Morgan fingerprint density at radius 2 is 2.08 bits per heavy atom. The Kier molecular flexibility index (Phi) is 5.45. The third-order valence-corrected chi connectivity index (χ3v) is 3.97. The van der Waals surface area contributed by atoms with Crippen molar-refractivity contribution in [3.63, 3.8) is 0 Å². The van der Waals surface area contributed by atoms with Gasteiger partial charge in [0, 0.05) is 24.8 Å². The highest BCUT2D eigenvalue weighted by Crippen LogP contribution is 2.31. The van der Waals surface area contributed by atoms with Gasteiger partial charge in [0.05, 0.1) is 21.5 Å². The third kappa shape index (κ3) is 4.25. The van der Waals surface area contributed by atoms with Crippen LogP contribution in [0.4, 0.5) is 17.1 Å². The maximum absolute atomic E-state index is 11.1. The van der Waals surface area contributed by atoms with Gasteiger partial charge in [-0.15, -0.1) is 0 Å². The maximum Gasteiger partial charge on any atom is 0.301 e. The van der Waals surface area contributed by atoms with Crippen LogP contribution in [0.1, 0.15) is 39.5 Å². The van der Waals surface area contributed by atoms with Crippen molar-refractivity contribution in [1.82, 2.24) is 0 Å². The number of nitro groups is 2. The van der Waals surface area contributed by atoms with Crippen LogP contribution < -0.4 is 5.43 Å². The predicted molar refractivity (Wildman–Crippen MR) is 89.3 cm³/mol. The molecule has 130 valence electrons. The van der Waals surface area contributed by atoms with Gasteiger partial charge in [0.2, 0.25) is 0 Å². The Hall–Kier alpha value is -2.55. The zero-order valence-corrected chi connectivity index (χ0v) is 13.7. The van der Waals surface area contributed by atoms with Gasteiger partial charge in [0.25, 0.3) is 5.69 Å². The summed E-state index contributed by atoms with van der Waals surface area (Å²) in [4.78, 5) is 20.5. The first-order valence-electron chi connectivity index (χ1n) is 7.73. The molecule has 1 atom stereocenters. The fraction of sp³-hybridized carbons (Fsp3) is 0.533. The number of hydrogen-bond donors (Lipinski definition) is 1. The standard InChI is InChI=1S/C15H20N4O5/c1-3-24-15(2)8-4-5-11(10-15)16-17-13-7-6-12(18(20)21)9-14(13)19(22)23/h6-7,9,17H,3-5,8,10H2,1-2H3. The van der Waals surface area contributed by atoms with Crippen molar-refractivity contribution >= 4 is 22.8 Å². The molecule has 2 rings (SSSR count). The van der Waals surface area contributed by atoms with E-state index in [1.165, 1.54) is 12.1 Å². The van der Waals surface area contributed by atoms with E-state index in [4.69, 9.17) is 4.74 Å². The fourth-order valence-electron chi connectivity index (χ4n) is 2.86. The minimum atomic E-state index is -0.669. The molecule has 0 radical (unpaired) electrons. The van der Waals surface area contributed by atoms with Crippen molar-refractivity contribution in [2.45, 2.75) is 45.1 Å². The van der Waals surface area contributed by atoms with Crippen LogP contribution in [0.25, 0.3) is 0 Å². The molecule has 0 spiro atoms. The largest absolute Gasteiger partial charge is 0.375 e. The number of nitro benzene ring substituents is 2. The Morgan fingerprint density at radius 1 is 1.33 bits per heavy atom. The molecule has 1 unspecified atom stereocenters. The van der Waals surface area contributed by atoms with Crippen molar-refractivity contribution in [2.24, 2.45) is 5.10 Å². The summed E-state index contributed by atoms with van der Waals surface area (Å²) in [5.41, 5.74) is 2.69. The van der Waals surface area contributed by atoms with E-state index >= 15 is 0 Å². The van der Waals surface area contributed by atoms with Crippen LogP contribution >= 0.6 is 0 Å². The molecule has 24 heavy (non-hydrogen) atoms. The van der Waals surface area contributed by atoms with Crippen LogP contribution in [0.3, 0.4) is 0 Å². The highest BCUT2D eigenvalue weighted by atomic mass is 16.6. The van der Waals surface area contributed by atoms with E-state index in [2.05, 4.69) is 10.5 Å². The number of ether oxygens (including phenoxy) is 1. The van der Waals surface area contributed by atoms with E-state index in [0.29, 0.717) is 13.0 Å². The average Bonchev–Trinajstić information content (AvgIpc) is 2.52. The average molecular weight is 336 g/mol. The number of hydrogen-bond acceptors (Lipinski definition) is 7. The zero-order valence-electron chi connectivity index (χ0n) is 13.7. The minimum absolute atomic E-state index is 0.127. The van der Waals surface area contributed by atoms with E-state index < -0.39 is 9.85 Å². The van der Waals surface area contributed by atoms with Crippen LogP contribution in [0.2, 0.25) is 0 Å². The summed E-state index contributed by atoms with van der Waals surface area (Å²) >= 11 is 0. The lowest BCUT2D eigenvalue weighted by Crippen LogP contribution is -2.35. The number of non-ortho nitro benzene ring substituents is 1. The molecule has 0 aliphatic heterocycles. The second-order valence-corrected chi connectivity index (χ2v) is 5.92. The summed E-state index contributed by atoms with van der Waals surface area (Å²) in [6.45, 7) is 4.58. The lowest BCUT2D eigenvalue weighted by atomic mass is 9.85. The molecule has 1 fully saturated rings. The van der Waals surface area contributed by atoms with Crippen LogP contribution in [-0.2, 0) is 4.74 Å². The predicted octanol–water partition coefficient (Wildman–Crippen LogP) is 3.64. The van der Waals surface area contributed by atoms with Gasteiger partial charge >= 0.3 is 5.69 Å². The Bertz CT molecular complexity index is 672. The fourth-order valence-corrected chi connectivity index (χ4v) is 2.86. The van der Waals surface area contributed by atoms with E-state index in [1.54, 1.807) is 0 Å². The number of anilines is 1. The molecule has 0 saturated heterocycles. The topological polar surface area (TPSA) is 120 Å². The SMILES string of the molecule is CCOC1(C)CCCC(=NNc2ccc([N+](=O)[O-])cc2[N+](=O)[O-])C1. The van der Waals surface area contributed by atoms with Crippen molar-refractivity contribution in [2.75, 3.05) is 12.0 Å². The van der Waals surface area contributed by atoms with Gasteiger partial charge in [-0.1, -0.05) is 0 Å². The van der Waals surface area contributed by atoms with E-state index in [1.807, 2.05) is 13.8 Å². The minimum Gasteiger partial charge on any atom is -0.375 e. The number of nitrogens with zero attached hydrogens (tertiary/aromatic N) is 3. The van der Waals surface area contributed by atoms with Crippen molar-refractivity contribution in [3.8, 4) is 0 Å². The van der Waals surface area contributed by atoms with Crippen LogP contribution in [0.5, 0.6) is 0 Å². The first-order chi connectivity index (χ1) is 11.3. The smallest absolute Gasteiger partial charge is 0.301 e. The lowest BCUT2D eigenvalue weighted by Gasteiger charge is -2.33. The molecule has 0 bridgehead atoms. The summed E-state index contributed by atoms with van der Waals surface area (Å²) in [7, 11) is 0. The van der Waals surface area contributed by atoms with Gasteiger partial charge in [-0.3, -0.25) is 25.7 Å². The molecule has 1 aliphatic rings. The molecule has 1 aromatic rings. The monoisotopic (exact) mass is 336 g/mol. The highest BCUT2D eigenvalue weighted by Gasteiger charge is 2.30. The van der Waals surface area contributed by atoms with Crippen molar-refractivity contribution in [3.05, 3.63) is 38.4 Å². The van der Waals surface area contributed by atoms with Gasteiger partial charge in [0.15, 0.2) is 0 Å². The molecular formula is C15H20N4O5. The molecule has 1 aliphatic carbocycles. The summed E-state index contributed by atoms with van der Waals surface area (Å²) in [6.07, 6.45) is 3.31. The maximum atomic E-state index is 11.1. The van der Waals surface area contributed by atoms with Gasteiger partial charge < -0.3 is 4.74 Å². The molecule has 1 saturated carbocycles. The quantitative estimate of drug-likeness (QED) is 0.625. The number of nitrogens with one attached hydrogen (secondary N) is 1. The van der Waals surface area contributed by atoms with E-state index in [-0.39, 0.29) is 22.7 Å². The number of rotatable bonds is 6. The number of benzene rings is 1. The second kappa shape index (κ2) is 7.35. The molecule has 0 aromatic heterocycles. The zero-order chi connectivity index (χ0) is 17.7. The van der Waals surface area contributed by atoms with Gasteiger partial charge in [-0.05, 0) is 39.2 Å². The molecule has 9 nitrogen and oxygen atoms in total. The van der Waals surface area contributed by atoms with Crippen LogP contribution in [0.15, 0.2) is 23.3 Å². The van der Waals surface area contributed by atoms with E-state index in [9.17, 15) is 20.2 Å². The first-order valence-corrected chi connectivity index (χ1v) is 7.73. The van der Waals surface area contributed by atoms with Crippen molar-refractivity contribution < 1.29 is 14.6 Å². The van der Waals surface area contributed by atoms with Crippen molar-refractivity contribution in [1.29, 1.82) is 0 Å². The van der Waals surface area contributed by atoms with Crippen LogP contribution in [-0.4, -0.2) is 27.8 Å². The Morgan fingerprint density at radius 3 is 2.71 bits per heavy atom. The Balaban J connectivity index is 2.18.